The highest BCUT2D eigenvalue weighted by molar-refractivity contribution is 9.10. The highest BCUT2D eigenvalue weighted by Crippen LogP contribution is 2.30. The lowest BCUT2D eigenvalue weighted by Crippen LogP contribution is -1.82. The molecule has 6 heteroatoms. The van der Waals surface area contributed by atoms with Crippen LogP contribution < -0.4 is 0 Å². The first kappa shape index (κ1) is 12.9. The molecule has 3 rings (SSSR count). The molecular weight excluding hydrogens is 354 g/mol. The fraction of sp³-hybridized carbons (Fsp3) is 0. The third-order valence-corrected chi connectivity index (χ3v) is 3.82. The van der Waals surface area contributed by atoms with Gasteiger partial charge in [-0.1, -0.05) is 23.2 Å². The Kier molecular flexibility index (Phi) is 3.25. The number of hydrogen-bond donors (Lipinski definition) is 0. The summed E-state index contributed by atoms with van der Waals surface area (Å²) in [6, 6.07) is 6.08. The van der Waals surface area contributed by atoms with Crippen molar-refractivity contribution in [3.05, 3.63) is 57.0 Å². The summed E-state index contributed by atoms with van der Waals surface area (Å²) in [6.07, 6.45) is 3.52. The summed E-state index contributed by atoms with van der Waals surface area (Å²) in [5, 5.41) is 0.997. The average Bonchev–Trinajstić information content (AvgIpc) is 2.72. The number of rotatable bonds is 1. The summed E-state index contributed by atoms with van der Waals surface area (Å²) in [6.45, 7) is 0. The van der Waals surface area contributed by atoms with E-state index in [2.05, 4.69) is 20.9 Å². The van der Waals surface area contributed by atoms with Crippen molar-refractivity contribution in [3.8, 4) is 11.3 Å². The summed E-state index contributed by atoms with van der Waals surface area (Å²) in [4.78, 5) is 4.43. The Morgan fingerprint density at radius 3 is 2.68 bits per heavy atom. The number of halogens is 4. The van der Waals surface area contributed by atoms with Gasteiger partial charge in [0.15, 0.2) is 5.65 Å². The molecule has 0 fully saturated rings. The van der Waals surface area contributed by atoms with E-state index in [1.807, 2.05) is 0 Å². The number of aromatic nitrogens is 2. The van der Waals surface area contributed by atoms with Gasteiger partial charge in [-0.25, -0.2) is 9.37 Å². The first-order chi connectivity index (χ1) is 9.04. The Bertz CT molecular complexity index is 786. The quantitative estimate of drug-likeness (QED) is 0.583. The van der Waals surface area contributed by atoms with Crippen molar-refractivity contribution in [1.29, 1.82) is 0 Å². The zero-order valence-electron chi connectivity index (χ0n) is 9.37. The Hall–Kier alpha value is -1.10. The van der Waals surface area contributed by atoms with E-state index < -0.39 is 0 Å². The predicted molar refractivity (Wildman–Crippen MR) is 78.3 cm³/mol. The van der Waals surface area contributed by atoms with Crippen LogP contribution >= 0.6 is 39.1 Å². The molecule has 2 aromatic heterocycles. The minimum atomic E-state index is -0.305. The molecule has 0 unspecified atom stereocenters. The van der Waals surface area contributed by atoms with Crippen molar-refractivity contribution in [2.24, 2.45) is 0 Å². The van der Waals surface area contributed by atoms with Gasteiger partial charge < -0.3 is 4.40 Å². The van der Waals surface area contributed by atoms with Crippen molar-refractivity contribution >= 4 is 44.8 Å². The SMILES string of the molecule is Fc1ccc(-c2cn3cc(Cl)cc(Cl)c3n2)c(Br)c1. The molecule has 1 aromatic carbocycles. The number of hydrogen-bond acceptors (Lipinski definition) is 1. The molecule has 0 atom stereocenters. The van der Waals surface area contributed by atoms with Gasteiger partial charge in [0.25, 0.3) is 0 Å². The van der Waals surface area contributed by atoms with Crippen molar-refractivity contribution < 1.29 is 4.39 Å². The van der Waals surface area contributed by atoms with Gasteiger partial charge in [-0.15, -0.1) is 0 Å². The first-order valence-electron chi connectivity index (χ1n) is 5.34. The summed E-state index contributed by atoms with van der Waals surface area (Å²) in [5.41, 5.74) is 2.09. The van der Waals surface area contributed by atoms with E-state index in [1.165, 1.54) is 12.1 Å². The second-order valence-corrected chi connectivity index (χ2v) is 5.69. The lowest BCUT2D eigenvalue weighted by Gasteiger charge is -1.99. The van der Waals surface area contributed by atoms with Gasteiger partial charge in [-0.3, -0.25) is 0 Å². The largest absolute Gasteiger partial charge is 0.304 e. The van der Waals surface area contributed by atoms with Gasteiger partial charge >= 0.3 is 0 Å². The fourth-order valence-corrected chi connectivity index (χ4v) is 2.93. The summed E-state index contributed by atoms with van der Waals surface area (Å²) in [5.74, 6) is -0.305. The van der Waals surface area contributed by atoms with E-state index in [4.69, 9.17) is 23.2 Å². The first-order valence-corrected chi connectivity index (χ1v) is 6.88. The zero-order valence-corrected chi connectivity index (χ0v) is 12.5. The van der Waals surface area contributed by atoms with Crippen LogP contribution in [0.2, 0.25) is 10.0 Å². The second kappa shape index (κ2) is 4.78. The highest BCUT2D eigenvalue weighted by Gasteiger charge is 2.11. The van der Waals surface area contributed by atoms with E-state index in [1.54, 1.807) is 28.9 Å². The molecule has 2 heterocycles. The molecular formula is C13H6BrCl2FN2. The number of benzene rings is 1. The summed E-state index contributed by atoms with van der Waals surface area (Å²) in [7, 11) is 0. The standard InChI is InChI=1S/C13H6BrCl2FN2/c14-10-4-8(17)1-2-9(10)12-6-19-5-7(15)3-11(16)13(19)18-12/h1-6H. The monoisotopic (exact) mass is 358 g/mol. The summed E-state index contributed by atoms with van der Waals surface area (Å²) < 4.78 is 15.5. The number of imidazole rings is 1. The molecule has 0 aliphatic rings. The minimum Gasteiger partial charge on any atom is -0.304 e. The molecule has 2 nitrogen and oxygen atoms in total. The Morgan fingerprint density at radius 1 is 1.16 bits per heavy atom. The van der Waals surface area contributed by atoms with Crippen molar-refractivity contribution in [1.82, 2.24) is 9.38 Å². The second-order valence-electron chi connectivity index (χ2n) is 3.99. The predicted octanol–water partition coefficient (Wildman–Crippen LogP) is 5.21. The van der Waals surface area contributed by atoms with Crippen LogP contribution in [0.1, 0.15) is 0 Å². The fourth-order valence-electron chi connectivity index (χ4n) is 1.85. The van der Waals surface area contributed by atoms with Gasteiger partial charge in [-0.2, -0.15) is 0 Å². The van der Waals surface area contributed by atoms with Gasteiger partial charge in [0.1, 0.15) is 5.82 Å². The van der Waals surface area contributed by atoms with Gasteiger partial charge in [0.05, 0.1) is 15.7 Å². The molecule has 96 valence electrons. The molecule has 0 radical (unpaired) electrons. The normalized spacial score (nSPS) is 11.2. The molecule has 3 aromatic rings. The Labute approximate surface area is 126 Å². The minimum absolute atomic E-state index is 0.305. The van der Waals surface area contributed by atoms with E-state index in [-0.39, 0.29) is 5.82 Å². The molecule has 0 saturated carbocycles. The Morgan fingerprint density at radius 2 is 1.95 bits per heavy atom. The van der Waals surface area contributed by atoms with E-state index in [0.717, 1.165) is 5.56 Å². The maximum Gasteiger partial charge on any atom is 0.156 e. The van der Waals surface area contributed by atoms with Gasteiger partial charge in [-0.05, 0) is 40.2 Å². The van der Waals surface area contributed by atoms with Crippen molar-refractivity contribution in [3.63, 3.8) is 0 Å². The van der Waals surface area contributed by atoms with Crippen LogP contribution in [0.3, 0.4) is 0 Å². The lowest BCUT2D eigenvalue weighted by atomic mass is 10.2. The molecule has 0 aliphatic carbocycles. The van der Waals surface area contributed by atoms with Gasteiger partial charge in [0, 0.05) is 22.4 Å². The van der Waals surface area contributed by atoms with Crippen LogP contribution in [-0.2, 0) is 0 Å². The van der Waals surface area contributed by atoms with Crippen LogP contribution in [0.4, 0.5) is 4.39 Å². The molecule has 0 N–H and O–H groups in total. The van der Waals surface area contributed by atoms with Crippen molar-refractivity contribution in [2.45, 2.75) is 0 Å². The van der Waals surface area contributed by atoms with E-state index >= 15 is 0 Å². The third-order valence-electron chi connectivity index (χ3n) is 2.68. The molecule has 0 spiro atoms. The van der Waals surface area contributed by atoms with Crippen LogP contribution in [0.5, 0.6) is 0 Å². The van der Waals surface area contributed by atoms with E-state index in [0.29, 0.717) is 25.9 Å². The average molecular weight is 360 g/mol. The molecule has 0 amide bonds. The molecule has 0 aliphatic heterocycles. The third kappa shape index (κ3) is 2.36. The van der Waals surface area contributed by atoms with Crippen LogP contribution in [0.25, 0.3) is 16.9 Å². The van der Waals surface area contributed by atoms with Gasteiger partial charge in [0.2, 0.25) is 0 Å². The molecule has 19 heavy (non-hydrogen) atoms. The Balaban J connectivity index is 2.23. The topological polar surface area (TPSA) is 17.3 Å². The number of fused-ring (bicyclic) bond motifs is 1. The van der Waals surface area contributed by atoms with E-state index in [9.17, 15) is 4.39 Å². The van der Waals surface area contributed by atoms with Crippen LogP contribution in [0.15, 0.2) is 41.1 Å². The molecule has 0 bridgehead atoms. The molecule has 0 saturated heterocycles. The summed E-state index contributed by atoms with van der Waals surface area (Å²) >= 11 is 15.4. The van der Waals surface area contributed by atoms with Crippen molar-refractivity contribution in [2.75, 3.05) is 0 Å². The maximum absolute atomic E-state index is 13.1. The lowest BCUT2D eigenvalue weighted by molar-refractivity contribution is 0.627. The number of pyridine rings is 1. The highest BCUT2D eigenvalue weighted by atomic mass is 79.9. The number of nitrogens with zero attached hydrogens (tertiary/aromatic N) is 2. The van der Waals surface area contributed by atoms with Crippen LogP contribution in [-0.4, -0.2) is 9.38 Å². The van der Waals surface area contributed by atoms with Crippen LogP contribution in [0, 0.1) is 5.82 Å². The zero-order chi connectivity index (χ0) is 13.6. The smallest absolute Gasteiger partial charge is 0.156 e. The maximum atomic E-state index is 13.1.